The summed E-state index contributed by atoms with van der Waals surface area (Å²) in [6.07, 6.45) is 1.75. The molecule has 0 saturated heterocycles. The molecule has 0 unspecified atom stereocenters. The predicted molar refractivity (Wildman–Crippen MR) is 57.7 cm³/mol. The van der Waals surface area contributed by atoms with Gasteiger partial charge < -0.3 is 5.73 Å². The third-order valence-electron chi connectivity index (χ3n) is 1.95. The molecule has 0 aliphatic rings. The SMILES string of the molecule is CC(C)c1cc(N)n(-c2nccs2)n1. The molecule has 0 aliphatic carbocycles. The molecule has 0 aromatic carbocycles. The molecule has 4 nitrogen and oxygen atoms in total. The van der Waals surface area contributed by atoms with Gasteiger partial charge in [-0.15, -0.1) is 11.3 Å². The number of nitrogen functional groups attached to an aromatic ring is 1. The summed E-state index contributed by atoms with van der Waals surface area (Å²) in [5.41, 5.74) is 6.84. The van der Waals surface area contributed by atoms with Crippen LogP contribution >= 0.6 is 11.3 Å². The lowest BCUT2D eigenvalue weighted by molar-refractivity contribution is 0.768. The third-order valence-corrected chi connectivity index (χ3v) is 2.69. The summed E-state index contributed by atoms with van der Waals surface area (Å²) in [5.74, 6) is 1.03. The molecule has 14 heavy (non-hydrogen) atoms. The summed E-state index contributed by atoms with van der Waals surface area (Å²) in [7, 11) is 0. The van der Waals surface area contributed by atoms with Gasteiger partial charge in [-0.05, 0) is 5.92 Å². The first-order valence-electron chi connectivity index (χ1n) is 4.44. The first-order chi connectivity index (χ1) is 6.68. The Morgan fingerprint density at radius 2 is 2.29 bits per heavy atom. The van der Waals surface area contributed by atoms with E-state index in [4.69, 9.17) is 5.73 Å². The van der Waals surface area contributed by atoms with Crippen molar-refractivity contribution in [3.05, 3.63) is 23.3 Å². The van der Waals surface area contributed by atoms with Gasteiger partial charge in [-0.3, -0.25) is 0 Å². The topological polar surface area (TPSA) is 56.7 Å². The molecule has 0 bridgehead atoms. The molecule has 5 heteroatoms. The highest BCUT2D eigenvalue weighted by atomic mass is 32.1. The highest BCUT2D eigenvalue weighted by Crippen LogP contribution is 2.20. The van der Waals surface area contributed by atoms with Crippen LogP contribution in [0.5, 0.6) is 0 Å². The summed E-state index contributed by atoms with van der Waals surface area (Å²) < 4.78 is 1.68. The van der Waals surface area contributed by atoms with Gasteiger partial charge in [0.2, 0.25) is 5.13 Å². The number of nitrogens with two attached hydrogens (primary N) is 1. The average molecular weight is 208 g/mol. The monoisotopic (exact) mass is 208 g/mol. The Morgan fingerprint density at radius 3 is 2.79 bits per heavy atom. The van der Waals surface area contributed by atoms with Crippen LogP contribution in [-0.4, -0.2) is 14.8 Å². The molecule has 0 fully saturated rings. The van der Waals surface area contributed by atoms with Gasteiger partial charge in [0.1, 0.15) is 5.82 Å². The minimum Gasteiger partial charge on any atom is -0.383 e. The molecule has 2 aromatic heterocycles. The second kappa shape index (κ2) is 3.42. The highest BCUT2D eigenvalue weighted by Gasteiger charge is 2.10. The zero-order valence-corrected chi connectivity index (χ0v) is 8.95. The van der Waals surface area contributed by atoms with Crippen molar-refractivity contribution in [1.29, 1.82) is 0 Å². The fourth-order valence-corrected chi connectivity index (χ4v) is 1.78. The van der Waals surface area contributed by atoms with Gasteiger partial charge >= 0.3 is 0 Å². The van der Waals surface area contributed by atoms with Gasteiger partial charge in [0.15, 0.2) is 0 Å². The van der Waals surface area contributed by atoms with Crippen LogP contribution in [-0.2, 0) is 0 Å². The van der Waals surface area contributed by atoms with Crippen molar-refractivity contribution in [3.63, 3.8) is 0 Å². The minimum atomic E-state index is 0.388. The average Bonchev–Trinajstić information content (AvgIpc) is 2.71. The van der Waals surface area contributed by atoms with E-state index < -0.39 is 0 Å². The first-order valence-corrected chi connectivity index (χ1v) is 5.31. The molecule has 2 N–H and O–H groups in total. The molecule has 0 aliphatic heterocycles. The van der Waals surface area contributed by atoms with Gasteiger partial charge in [-0.2, -0.15) is 9.78 Å². The lowest BCUT2D eigenvalue weighted by Gasteiger charge is -1.98. The summed E-state index contributed by atoms with van der Waals surface area (Å²) in [5, 5.41) is 7.11. The lowest BCUT2D eigenvalue weighted by Crippen LogP contribution is -2.01. The van der Waals surface area contributed by atoms with Crippen molar-refractivity contribution in [2.24, 2.45) is 0 Å². The molecular formula is C9H12N4S. The van der Waals surface area contributed by atoms with Crippen LogP contribution in [0.1, 0.15) is 25.5 Å². The van der Waals surface area contributed by atoms with Crippen molar-refractivity contribution in [3.8, 4) is 5.13 Å². The van der Waals surface area contributed by atoms with E-state index in [0.29, 0.717) is 11.7 Å². The standard InChI is InChI=1S/C9H12N4S/c1-6(2)7-5-8(10)13(12-7)9-11-3-4-14-9/h3-6H,10H2,1-2H3. The van der Waals surface area contributed by atoms with Gasteiger partial charge in [-0.1, -0.05) is 13.8 Å². The van der Waals surface area contributed by atoms with E-state index >= 15 is 0 Å². The maximum absolute atomic E-state index is 5.84. The zero-order valence-electron chi connectivity index (χ0n) is 8.14. The molecule has 0 spiro atoms. The number of aromatic nitrogens is 3. The van der Waals surface area contributed by atoms with E-state index in [1.54, 1.807) is 10.9 Å². The molecule has 0 saturated carbocycles. The molecule has 2 heterocycles. The Bertz CT molecular complexity index is 416. The van der Waals surface area contributed by atoms with Crippen molar-refractivity contribution in [2.45, 2.75) is 19.8 Å². The minimum absolute atomic E-state index is 0.388. The number of hydrogen-bond donors (Lipinski definition) is 1. The molecule has 0 amide bonds. The molecular weight excluding hydrogens is 196 g/mol. The van der Waals surface area contributed by atoms with Crippen molar-refractivity contribution in [1.82, 2.24) is 14.8 Å². The Hall–Kier alpha value is -1.36. The number of anilines is 1. The van der Waals surface area contributed by atoms with Gasteiger partial charge in [0, 0.05) is 17.6 Å². The Morgan fingerprint density at radius 1 is 1.50 bits per heavy atom. The second-order valence-corrected chi connectivity index (χ2v) is 4.25. The molecule has 0 atom stereocenters. The molecule has 0 radical (unpaired) electrons. The Kier molecular flexibility index (Phi) is 2.25. The van der Waals surface area contributed by atoms with Crippen LogP contribution in [0.4, 0.5) is 5.82 Å². The van der Waals surface area contributed by atoms with Crippen LogP contribution in [0, 0.1) is 0 Å². The smallest absolute Gasteiger partial charge is 0.212 e. The summed E-state index contributed by atoms with van der Waals surface area (Å²) in [6, 6.07) is 1.89. The molecule has 74 valence electrons. The molecule has 2 rings (SSSR count). The fraction of sp³-hybridized carbons (Fsp3) is 0.333. The maximum Gasteiger partial charge on any atom is 0.212 e. The highest BCUT2D eigenvalue weighted by molar-refractivity contribution is 7.12. The van der Waals surface area contributed by atoms with E-state index in [2.05, 4.69) is 23.9 Å². The number of rotatable bonds is 2. The first kappa shape index (κ1) is 9.21. The van der Waals surface area contributed by atoms with Crippen LogP contribution in [0.3, 0.4) is 0 Å². The zero-order chi connectivity index (χ0) is 10.1. The van der Waals surface area contributed by atoms with Crippen LogP contribution in [0.25, 0.3) is 5.13 Å². The van der Waals surface area contributed by atoms with Gasteiger partial charge in [0.25, 0.3) is 0 Å². The largest absolute Gasteiger partial charge is 0.383 e. The number of hydrogen-bond acceptors (Lipinski definition) is 4. The summed E-state index contributed by atoms with van der Waals surface area (Å²) in [6.45, 7) is 4.18. The van der Waals surface area contributed by atoms with Crippen molar-refractivity contribution in [2.75, 3.05) is 5.73 Å². The van der Waals surface area contributed by atoms with Gasteiger partial charge in [-0.25, -0.2) is 4.98 Å². The van der Waals surface area contributed by atoms with Crippen LogP contribution in [0.2, 0.25) is 0 Å². The van der Waals surface area contributed by atoms with E-state index in [1.165, 1.54) is 11.3 Å². The quantitative estimate of drug-likeness (QED) is 0.821. The fourth-order valence-electron chi connectivity index (χ4n) is 1.17. The third kappa shape index (κ3) is 1.50. The van der Waals surface area contributed by atoms with E-state index in [1.807, 2.05) is 11.4 Å². The molecule has 2 aromatic rings. The number of nitrogens with zero attached hydrogens (tertiary/aromatic N) is 3. The predicted octanol–water partition coefficient (Wildman–Crippen LogP) is 2.03. The maximum atomic E-state index is 5.84. The second-order valence-electron chi connectivity index (χ2n) is 3.38. The lowest BCUT2D eigenvalue weighted by atomic mass is 10.1. The number of thiazole rings is 1. The van der Waals surface area contributed by atoms with E-state index in [9.17, 15) is 0 Å². The van der Waals surface area contributed by atoms with Gasteiger partial charge in [0.05, 0.1) is 5.69 Å². The summed E-state index contributed by atoms with van der Waals surface area (Å²) >= 11 is 1.52. The van der Waals surface area contributed by atoms with Crippen LogP contribution in [0.15, 0.2) is 17.6 Å². The Labute approximate surface area is 86.4 Å². The normalized spacial score (nSPS) is 11.1. The Balaban J connectivity index is 2.45. The van der Waals surface area contributed by atoms with E-state index in [0.717, 1.165) is 10.8 Å². The summed E-state index contributed by atoms with van der Waals surface area (Å²) in [4.78, 5) is 4.16. The van der Waals surface area contributed by atoms with Crippen molar-refractivity contribution >= 4 is 17.2 Å². The van der Waals surface area contributed by atoms with Crippen molar-refractivity contribution < 1.29 is 0 Å². The van der Waals surface area contributed by atoms with E-state index in [-0.39, 0.29) is 0 Å². The van der Waals surface area contributed by atoms with Crippen LogP contribution < -0.4 is 5.73 Å².